The molecular weight excluding hydrogens is 459 g/mol. The zero-order valence-corrected chi connectivity index (χ0v) is 18.3. The van der Waals surface area contributed by atoms with Crippen LogP contribution in [0.4, 0.5) is 36.2 Å². The molecule has 176 valence electrons. The molecule has 5 aromatic rings. The van der Waals surface area contributed by atoms with Gasteiger partial charge in [-0.3, -0.25) is 4.79 Å². The van der Waals surface area contributed by atoms with Crippen LogP contribution in [0.25, 0.3) is 16.3 Å². The van der Waals surface area contributed by atoms with Crippen molar-refractivity contribution in [1.82, 2.24) is 19.6 Å². The second-order valence-electron chi connectivity index (χ2n) is 7.83. The van der Waals surface area contributed by atoms with E-state index in [9.17, 15) is 18.0 Å². The SMILES string of the molecule is Cc1ccc2c(Nc3cccc(C(F)(F)F)c3)nccc2c1NC(=O)c1ccc2c(N)ncnn12. The van der Waals surface area contributed by atoms with Crippen molar-refractivity contribution in [3.05, 3.63) is 83.9 Å². The van der Waals surface area contributed by atoms with E-state index in [-0.39, 0.29) is 17.2 Å². The number of amides is 1. The van der Waals surface area contributed by atoms with E-state index >= 15 is 0 Å². The molecule has 0 aliphatic heterocycles. The number of hydrogen-bond donors (Lipinski definition) is 3. The summed E-state index contributed by atoms with van der Waals surface area (Å²) < 4.78 is 40.7. The van der Waals surface area contributed by atoms with Gasteiger partial charge in [0.15, 0.2) is 5.82 Å². The van der Waals surface area contributed by atoms with Gasteiger partial charge in [0.1, 0.15) is 23.4 Å². The highest BCUT2D eigenvalue weighted by Gasteiger charge is 2.30. The molecule has 1 amide bonds. The topological polar surface area (TPSA) is 110 Å². The molecule has 3 aromatic heterocycles. The van der Waals surface area contributed by atoms with Crippen LogP contribution in [-0.4, -0.2) is 25.5 Å². The Labute approximate surface area is 196 Å². The summed E-state index contributed by atoms with van der Waals surface area (Å²) >= 11 is 0. The van der Waals surface area contributed by atoms with Gasteiger partial charge in [-0.1, -0.05) is 18.2 Å². The van der Waals surface area contributed by atoms with E-state index < -0.39 is 17.6 Å². The number of carbonyl (C=O) groups is 1. The molecule has 0 unspecified atom stereocenters. The largest absolute Gasteiger partial charge is 0.416 e. The van der Waals surface area contributed by atoms with E-state index in [1.165, 1.54) is 29.2 Å². The van der Waals surface area contributed by atoms with Crippen LogP contribution in [0.3, 0.4) is 0 Å². The number of carbonyl (C=O) groups excluding carboxylic acids is 1. The van der Waals surface area contributed by atoms with Crippen molar-refractivity contribution < 1.29 is 18.0 Å². The molecule has 5 rings (SSSR count). The molecule has 0 fully saturated rings. The number of nitrogens with two attached hydrogens (primary N) is 1. The maximum absolute atomic E-state index is 13.1. The van der Waals surface area contributed by atoms with Crippen molar-refractivity contribution >= 4 is 45.2 Å². The smallest absolute Gasteiger partial charge is 0.382 e. The van der Waals surface area contributed by atoms with Gasteiger partial charge in [-0.05, 0) is 48.9 Å². The number of aryl methyl sites for hydroxylation is 1. The Morgan fingerprint density at radius 1 is 1.03 bits per heavy atom. The van der Waals surface area contributed by atoms with Gasteiger partial charge in [0.25, 0.3) is 5.91 Å². The van der Waals surface area contributed by atoms with E-state index in [0.29, 0.717) is 27.8 Å². The molecular formula is C24H18F3N7O. The minimum atomic E-state index is -4.46. The van der Waals surface area contributed by atoms with Crippen molar-refractivity contribution in [2.45, 2.75) is 13.1 Å². The summed E-state index contributed by atoms with van der Waals surface area (Å²) in [5.74, 6) is 0.186. The number of pyridine rings is 1. The van der Waals surface area contributed by atoms with Gasteiger partial charge in [-0.2, -0.15) is 18.3 Å². The van der Waals surface area contributed by atoms with E-state index in [1.54, 1.807) is 30.3 Å². The van der Waals surface area contributed by atoms with Crippen molar-refractivity contribution in [3.8, 4) is 0 Å². The number of halogens is 3. The summed E-state index contributed by atoms with van der Waals surface area (Å²) in [7, 11) is 0. The van der Waals surface area contributed by atoms with Crippen LogP contribution in [0, 0.1) is 6.92 Å². The number of fused-ring (bicyclic) bond motifs is 2. The fraction of sp³-hybridized carbons (Fsp3) is 0.0833. The van der Waals surface area contributed by atoms with E-state index in [0.717, 1.165) is 17.7 Å². The van der Waals surface area contributed by atoms with Crippen LogP contribution in [0.2, 0.25) is 0 Å². The molecule has 0 spiro atoms. The predicted octanol–water partition coefficient (Wildman–Crippen LogP) is 5.18. The average Bonchev–Trinajstić information content (AvgIpc) is 3.26. The van der Waals surface area contributed by atoms with Gasteiger partial charge < -0.3 is 16.4 Å². The zero-order valence-electron chi connectivity index (χ0n) is 18.3. The van der Waals surface area contributed by atoms with Crippen LogP contribution >= 0.6 is 0 Å². The normalized spacial score (nSPS) is 11.7. The van der Waals surface area contributed by atoms with Crippen molar-refractivity contribution in [1.29, 1.82) is 0 Å². The first-order chi connectivity index (χ1) is 16.7. The monoisotopic (exact) mass is 477 g/mol. The maximum atomic E-state index is 13.1. The molecule has 2 aromatic carbocycles. The number of nitrogens with one attached hydrogen (secondary N) is 2. The first-order valence-corrected chi connectivity index (χ1v) is 10.4. The summed E-state index contributed by atoms with van der Waals surface area (Å²) in [6.07, 6.45) is -1.68. The number of hydrogen-bond acceptors (Lipinski definition) is 6. The van der Waals surface area contributed by atoms with Crippen molar-refractivity contribution in [2.75, 3.05) is 16.4 Å². The first-order valence-electron chi connectivity index (χ1n) is 10.4. The van der Waals surface area contributed by atoms with Gasteiger partial charge >= 0.3 is 6.18 Å². The van der Waals surface area contributed by atoms with Gasteiger partial charge in [0.05, 0.1) is 11.3 Å². The molecule has 3 heterocycles. The first kappa shape index (κ1) is 22.1. The molecule has 0 bridgehead atoms. The van der Waals surface area contributed by atoms with Crippen LogP contribution in [0.15, 0.2) is 67.1 Å². The average molecular weight is 477 g/mol. The van der Waals surface area contributed by atoms with Crippen molar-refractivity contribution in [3.63, 3.8) is 0 Å². The van der Waals surface area contributed by atoms with E-state index in [2.05, 4.69) is 25.7 Å². The van der Waals surface area contributed by atoms with Crippen LogP contribution < -0.4 is 16.4 Å². The number of benzene rings is 2. The Morgan fingerprint density at radius 2 is 1.86 bits per heavy atom. The molecule has 0 atom stereocenters. The summed E-state index contributed by atoms with van der Waals surface area (Å²) in [5.41, 5.74) is 7.42. The number of nitrogens with zero attached hydrogens (tertiary/aromatic N) is 4. The predicted molar refractivity (Wildman–Crippen MR) is 127 cm³/mol. The minimum absolute atomic E-state index is 0.239. The summed E-state index contributed by atoms with van der Waals surface area (Å²) in [6.45, 7) is 1.84. The molecule has 0 aliphatic carbocycles. The molecule has 0 aliphatic rings. The van der Waals surface area contributed by atoms with Crippen LogP contribution in [-0.2, 0) is 6.18 Å². The van der Waals surface area contributed by atoms with E-state index in [4.69, 9.17) is 5.73 Å². The molecule has 0 saturated heterocycles. The fourth-order valence-electron chi connectivity index (χ4n) is 3.84. The Hall–Kier alpha value is -4.67. The summed E-state index contributed by atoms with van der Waals surface area (Å²) in [6, 6.07) is 13.4. The standard InChI is InChI=1S/C24H18F3N7O/c1-13-5-6-17-16(9-10-29-22(17)32-15-4-2-3-14(11-15)24(25,26)27)20(13)33-23(35)19-8-7-18-21(28)30-12-31-34(18)19/h2-12H,1H3,(H,29,32)(H,33,35)(H2,28,30,31). The third-order valence-corrected chi connectivity index (χ3v) is 5.56. The summed E-state index contributed by atoms with van der Waals surface area (Å²) in [4.78, 5) is 21.4. The maximum Gasteiger partial charge on any atom is 0.416 e. The Bertz CT molecular complexity index is 1590. The van der Waals surface area contributed by atoms with E-state index in [1.807, 2.05) is 6.92 Å². The van der Waals surface area contributed by atoms with Gasteiger partial charge in [-0.25, -0.2) is 14.5 Å². The minimum Gasteiger partial charge on any atom is -0.382 e. The lowest BCUT2D eigenvalue weighted by Crippen LogP contribution is -2.16. The second-order valence-corrected chi connectivity index (χ2v) is 7.83. The highest BCUT2D eigenvalue weighted by Crippen LogP contribution is 2.34. The number of rotatable bonds is 4. The highest BCUT2D eigenvalue weighted by atomic mass is 19.4. The van der Waals surface area contributed by atoms with Gasteiger partial charge in [0.2, 0.25) is 0 Å². The lowest BCUT2D eigenvalue weighted by atomic mass is 10.1. The zero-order chi connectivity index (χ0) is 24.7. The Kier molecular flexibility index (Phi) is 5.24. The van der Waals surface area contributed by atoms with Crippen molar-refractivity contribution in [2.24, 2.45) is 0 Å². The second kappa shape index (κ2) is 8.28. The molecule has 0 saturated carbocycles. The molecule has 0 radical (unpaired) electrons. The molecule has 11 heteroatoms. The Morgan fingerprint density at radius 3 is 2.66 bits per heavy atom. The third kappa shape index (κ3) is 4.07. The number of alkyl halides is 3. The third-order valence-electron chi connectivity index (χ3n) is 5.56. The number of anilines is 4. The number of nitrogen functional groups attached to an aromatic ring is 1. The van der Waals surface area contributed by atoms with Gasteiger partial charge in [-0.15, -0.1) is 0 Å². The lowest BCUT2D eigenvalue weighted by Gasteiger charge is -2.15. The lowest BCUT2D eigenvalue weighted by molar-refractivity contribution is -0.137. The molecule has 8 nitrogen and oxygen atoms in total. The quantitative estimate of drug-likeness (QED) is 0.329. The Balaban J connectivity index is 1.52. The highest BCUT2D eigenvalue weighted by molar-refractivity contribution is 6.11. The van der Waals surface area contributed by atoms with Gasteiger partial charge in [0, 0.05) is 22.7 Å². The molecule has 35 heavy (non-hydrogen) atoms. The molecule has 4 N–H and O–H groups in total. The fourth-order valence-corrected chi connectivity index (χ4v) is 3.84. The summed E-state index contributed by atoms with van der Waals surface area (Å²) in [5, 5.41) is 11.3. The van der Waals surface area contributed by atoms with Crippen LogP contribution in [0.5, 0.6) is 0 Å². The van der Waals surface area contributed by atoms with Crippen LogP contribution in [0.1, 0.15) is 21.6 Å². The number of aromatic nitrogens is 4.